The standard InChI is InChI=1S/C15H19N3O/c1-17-9-5-4-6-12(17)11-18-14-8-3-2-7-13(14)16-10-15(18)19/h2-3,7-8,10,12H,4-6,9,11H2,1H3/t12-/m1/s1. The molecule has 1 fully saturated rings. The van der Waals surface area contributed by atoms with Gasteiger partial charge in [0.2, 0.25) is 0 Å². The van der Waals surface area contributed by atoms with Crippen LogP contribution in [0.25, 0.3) is 11.0 Å². The van der Waals surface area contributed by atoms with E-state index in [-0.39, 0.29) is 5.56 Å². The van der Waals surface area contributed by atoms with E-state index >= 15 is 0 Å². The summed E-state index contributed by atoms with van der Waals surface area (Å²) in [5.74, 6) is 0. The molecule has 1 atom stereocenters. The molecule has 0 bridgehead atoms. The second-order valence-corrected chi connectivity index (χ2v) is 5.33. The summed E-state index contributed by atoms with van der Waals surface area (Å²) < 4.78 is 1.87. The Labute approximate surface area is 112 Å². The van der Waals surface area contributed by atoms with Crippen LogP contribution in [0, 0.1) is 0 Å². The molecule has 3 rings (SSSR count). The minimum absolute atomic E-state index is 0.00215. The maximum atomic E-state index is 12.1. The van der Waals surface area contributed by atoms with Crippen molar-refractivity contribution in [3.63, 3.8) is 0 Å². The molecule has 0 aliphatic carbocycles. The summed E-state index contributed by atoms with van der Waals surface area (Å²) in [7, 11) is 2.15. The van der Waals surface area contributed by atoms with E-state index < -0.39 is 0 Å². The van der Waals surface area contributed by atoms with Crippen LogP contribution >= 0.6 is 0 Å². The van der Waals surface area contributed by atoms with E-state index in [1.165, 1.54) is 25.5 Å². The zero-order valence-electron chi connectivity index (χ0n) is 11.2. The maximum absolute atomic E-state index is 12.1. The predicted octanol–water partition coefficient (Wildman–Crippen LogP) is 1.88. The van der Waals surface area contributed by atoms with E-state index in [9.17, 15) is 4.79 Å². The predicted molar refractivity (Wildman–Crippen MR) is 76.3 cm³/mol. The van der Waals surface area contributed by atoms with E-state index in [1.54, 1.807) is 0 Å². The van der Waals surface area contributed by atoms with Crippen LogP contribution in [0.1, 0.15) is 19.3 Å². The molecule has 1 aromatic heterocycles. The first kappa shape index (κ1) is 12.4. The highest BCUT2D eigenvalue weighted by Gasteiger charge is 2.20. The van der Waals surface area contributed by atoms with Gasteiger partial charge in [-0.15, -0.1) is 0 Å². The molecule has 0 spiro atoms. The zero-order valence-corrected chi connectivity index (χ0v) is 11.2. The lowest BCUT2D eigenvalue weighted by Crippen LogP contribution is -2.41. The fraction of sp³-hybridized carbons (Fsp3) is 0.467. The van der Waals surface area contributed by atoms with Crippen LogP contribution in [0.5, 0.6) is 0 Å². The van der Waals surface area contributed by atoms with Gasteiger partial charge in [0, 0.05) is 12.6 Å². The van der Waals surface area contributed by atoms with Crippen molar-refractivity contribution in [1.29, 1.82) is 0 Å². The van der Waals surface area contributed by atoms with Crippen LogP contribution in [0.3, 0.4) is 0 Å². The average Bonchev–Trinajstić information content (AvgIpc) is 2.44. The van der Waals surface area contributed by atoms with Gasteiger partial charge in [-0.1, -0.05) is 18.6 Å². The minimum atomic E-state index is -0.00215. The fourth-order valence-corrected chi connectivity index (χ4v) is 2.89. The van der Waals surface area contributed by atoms with E-state index in [0.717, 1.165) is 24.1 Å². The SMILES string of the molecule is CN1CCCC[C@@H]1Cn1c(=O)cnc2ccccc21. The lowest BCUT2D eigenvalue weighted by atomic mass is 10.0. The van der Waals surface area contributed by atoms with Crippen LogP contribution in [0.4, 0.5) is 0 Å². The van der Waals surface area contributed by atoms with Gasteiger partial charge < -0.3 is 9.47 Å². The molecule has 1 aliphatic rings. The Kier molecular flexibility index (Phi) is 3.34. The van der Waals surface area contributed by atoms with Gasteiger partial charge in [-0.3, -0.25) is 4.79 Å². The van der Waals surface area contributed by atoms with Crippen LogP contribution in [0.15, 0.2) is 35.3 Å². The molecule has 2 aromatic rings. The van der Waals surface area contributed by atoms with E-state index in [0.29, 0.717) is 6.04 Å². The Balaban J connectivity index is 1.99. The van der Waals surface area contributed by atoms with Gasteiger partial charge in [0.15, 0.2) is 0 Å². The molecule has 2 heterocycles. The van der Waals surface area contributed by atoms with Crippen molar-refractivity contribution in [3.8, 4) is 0 Å². The quantitative estimate of drug-likeness (QED) is 0.824. The van der Waals surface area contributed by atoms with Gasteiger partial charge in [0.1, 0.15) is 0 Å². The van der Waals surface area contributed by atoms with Crippen molar-refractivity contribution in [2.45, 2.75) is 31.8 Å². The van der Waals surface area contributed by atoms with Gasteiger partial charge in [-0.25, -0.2) is 4.98 Å². The zero-order chi connectivity index (χ0) is 13.2. The Morgan fingerprint density at radius 3 is 3.00 bits per heavy atom. The number of para-hydroxylation sites is 2. The second-order valence-electron chi connectivity index (χ2n) is 5.33. The summed E-state index contributed by atoms with van der Waals surface area (Å²) in [5, 5.41) is 0. The molecule has 19 heavy (non-hydrogen) atoms. The number of aromatic nitrogens is 2. The first-order valence-corrected chi connectivity index (χ1v) is 6.90. The highest BCUT2D eigenvalue weighted by Crippen LogP contribution is 2.17. The van der Waals surface area contributed by atoms with E-state index in [2.05, 4.69) is 16.9 Å². The molecule has 1 saturated heterocycles. The number of rotatable bonds is 2. The topological polar surface area (TPSA) is 38.1 Å². The van der Waals surface area contributed by atoms with E-state index in [4.69, 9.17) is 0 Å². The first-order valence-electron chi connectivity index (χ1n) is 6.90. The lowest BCUT2D eigenvalue weighted by molar-refractivity contribution is 0.167. The molecule has 0 saturated carbocycles. The van der Waals surface area contributed by atoms with Gasteiger partial charge in [-0.05, 0) is 38.6 Å². The molecule has 0 amide bonds. The highest BCUT2D eigenvalue weighted by atomic mass is 16.1. The van der Waals surface area contributed by atoms with Crippen molar-refractivity contribution < 1.29 is 0 Å². The van der Waals surface area contributed by atoms with Gasteiger partial charge in [0.05, 0.1) is 17.2 Å². The van der Waals surface area contributed by atoms with Gasteiger partial charge in [-0.2, -0.15) is 0 Å². The normalized spacial score (nSPS) is 20.8. The number of likely N-dealkylation sites (tertiary alicyclic amines) is 1. The Morgan fingerprint density at radius 1 is 1.32 bits per heavy atom. The Morgan fingerprint density at radius 2 is 2.16 bits per heavy atom. The van der Waals surface area contributed by atoms with Crippen LogP contribution in [-0.4, -0.2) is 34.1 Å². The highest BCUT2D eigenvalue weighted by molar-refractivity contribution is 5.74. The van der Waals surface area contributed by atoms with Crippen molar-refractivity contribution in [1.82, 2.24) is 14.5 Å². The third-order valence-electron chi connectivity index (χ3n) is 4.07. The van der Waals surface area contributed by atoms with Crippen molar-refractivity contribution >= 4 is 11.0 Å². The van der Waals surface area contributed by atoms with Crippen molar-refractivity contribution in [2.24, 2.45) is 0 Å². The molecule has 1 aromatic carbocycles. The fourth-order valence-electron chi connectivity index (χ4n) is 2.89. The first-order chi connectivity index (χ1) is 9.25. The Hall–Kier alpha value is -1.68. The number of hydrogen-bond acceptors (Lipinski definition) is 3. The molecule has 0 radical (unpaired) electrons. The van der Waals surface area contributed by atoms with Crippen molar-refractivity contribution in [3.05, 3.63) is 40.8 Å². The molecule has 0 unspecified atom stereocenters. The van der Waals surface area contributed by atoms with Crippen LogP contribution < -0.4 is 5.56 Å². The second kappa shape index (κ2) is 5.13. The largest absolute Gasteiger partial charge is 0.304 e. The number of benzene rings is 1. The Bertz CT molecular complexity index is 635. The average molecular weight is 257 g/mol. The number of hydrogen-bond donors (Lipinski definition) is 0. The molecule has 0 N–H and O–H groups in total. The molecule has 1 aliphatic heterocycles. The molecule has 4 heteroatoms. The number of piperidine rings is 1. The third kappa shape index (κ3) is 2.40. The lowest BCUT2D eigenvalue weighted by Gasteiger charge is -2.33. The van der Waals surface area contributed by atoms with Crippen molar-refractivity contribution in [2.75, 3.05) is 13.6 Å². The van der Waals surface area contributed by atoms with E-state index in [1.807, 2.05) is 28.8 Å². The summed E-state index contributed by atoms with van der Waals surface area (Å²) in [4.78, 5) is 18.7. The van der Waals surface area contributed by atoms with Gasteiger partial charge in [0.25, 0.3) is 5.56 Å². The molecular weight excluding hydrogens is 238 g/mol. The summed E-state index contributed by atoms with van der Waals surface area (Å²) in [6, 6.07) is 8.31. The smallest absolute Gasteiger partial charge is 0.269 e. The number of likely N-dealkylation sites (N-methyl/N-ethyl adjacent to an activating group) is 1. The molecular formula is C15H19N3O. The summed E-state index contributed by atoms with van der Waals surface area (Å²) in [6.07, 6.45) is 5.12. The van der Waals surface area contributed by atoms with Crippen LogP contribution in [0.2, 0.25) is 0 Å². The minimum Gasteiger partial charge on any atom is -0.304 e. The molecule has 4 nitrogen and oxygen atoms in total. The maximum Gasteiger partial charge on any atom is 0.269 e. The third-order valence-corrected chi connectivity index (χ3v) is 4.07. The summed E-state index contributed by atoms with van der Waals surface area (Å²) in [5.41, 5.74) is 1.83. The number of fused-ring (bicyclic) bond motifs is 1. The monoisotopic (exact) mass is 257 g/mol. The number of nitrogens with zero attached hydrogens (tertiary/aromatic N) is 3. The summed E-state index contributed by atoms with van der Waals surface area (Å²) >= 11 is 0. The molecule has 100 valence electrons. The van der Waals surface area contributed by atoms with Gasteiger partial charge >= 0.3 is 0 Å². The van der Waals surface area contributed by atoms with Crippen LogP contribution in [-0.2, 0) is 6.54 Å². The summed E-state index contributed by atoms with van der Waals surface area (Å²) in [6.45, 7) is 1.89.